The zero-order chi connectivity index (χ0) is 29.2. The summed E-state index contributed by atoms with van der Waals surface area (Å²) in [4.78, 5) is 30.4. The van der Waals surface area contributed by atoms with E-state index in [2.05, 4.69) is 73.0 Å². The molecular weight excluding hydrogens is 565 g/mol. The Kier molecular flexibility index (Phi) is 15.8. The van der Waals surface area contributed by atoms with Gasteiger partial charge in [0.2, 0.25) is 0 Å². The van der Waals surface area contributed by atoms with Crippen LogP contribution in [0.3, 0.4) is 0 Å². The molecule has 0 N–H and O–H groups in total. The Morgan fingerprint density at radius 1 is 0.357 bits per heavy atom. The van der Waals surface area contributed by atoms with Crippen LogP contribution in [0.2, 0.25) is 0 Å². The maximum atomic E-state index is 4.12. The van der Waals surface area contributed by atoms with E-state index in [0.29, 0.717) is 0 Å². The smallest absolute Gasteiger partial charge is 0.115 e. The highest BCUT2D eigenvalue weighted by molar-refractivity contribution is 7.25. The van der Waals surface area contributed by atoms with Crippen molar-refractivity contribution in [2.75, 3.05) is 0 Å². The highest BCUT2D eigenvalue weighted by atomic mass is 32.1. The van der Waals surface area contributed by atoms with Gasteiger partial charge < -0.3 is 0 Å². The molecule has 1 aromatic carbocycles. The van der Waals surface area contributed by atoms with Gasteiger partial charge in [0, 0.05) is 83.8 Å². The first-order valence-electron chi connectivity index (χ1n) is 12.3. The van der Waals surface area contributed by atoms with Gasteiger partial charge in [0.05, 0.1) is 11.0 Å². The van der Waals surface area contributed by atoms with Crippen molar-refractivity contribution < 1.29 is 0 Å². The Bertz CT molecular complexity index is 1340. The van der Waals surface area contributed by atoms with Crippen LogP contribution in [-0.4, -0.2) is 50.1 Å². The summed E-state index contributed by atoms with van der Waals surface area (Å²) in [5.74, 6) is 0. The van der Waals surface area contributed by atoms with E-state index in [1.807, 2.05) is 36.4 Å². The molecule has 0 aliphatic heterocycles. The van der Waals surface area contributed by atoms with Crippen molar-refractivity contribution in [3.05, 3.63) is 158 Å². The van der Waals surface area contributed by atoms with E-state index in [9.17, 15) is 0 Å². The Morgan fingerprint density at radius 2 is 0.786 bits per heavy atom. The third-order valence-electron chi connectivity index (χ3n) is 4.36. The van der Waals surface area contributed by atoms with Crippen molar-refractivity contribution in [3.8, 4) is 0 Å². The van der Waals surface area contributed by atoms with Gasteiger partial charge in [-0.2, -0.15) is 10.2 Å². The summed E-state index contributed by atoms with van der Waals surface area (Å²) in [5, 5.41) is 11.3. The van der Waals surface area contributed by atoms with Crippen LogP contribution in [-0.2, 0) is 0 Å². The predicted molar refractivity (Wildman–Crippen MR) is 167 cm³/mol. The predicted octanol–water partition coefficient (Wildman–Crippen LogP) is 6.50. The summed E-state index contributed by atoms with van der Waals surface area (Å²) in [7, 11) is 0. The number of rotatable bonds is 0. The molecule has 0 fully saturated rings. The fourth-order valence-corrected chi connectivity index (χ4v) is 4.44. The van der Waals surface area contributed by atoms with Gasteiger partial charge in [0.15, 0.2) is 0 Å². The lowest BCUT2D eigenvalue weighted by Crippen LogP contribution is -1.78. The molecule has 8 aromatic rings. The van der Waals surface area contributed by atoms with E-state index in [-0.39, 0.29) is 0 Å². The molecular formula is C30H26N10S2. The SMILES string of the molecule is c1cc2sccc2s1.c1ccc2nccnc2c1.c1ccnnc1.c1cnccn1.c1cncnc1.c1cncnc1. The minimum Gasteiger partial charge on any atom is -0.262 e. The Balaban J connectivity index is 0.000000140. The van der Waals surface area contributed by atoms with E-state index in [1.165, 1.54) is 22.1 Å². The molecule has 0 unspecified atom stereocenters. The maximum absolute atomic E-state index is 4.12. The quantitative estimate of drug-likeness (QED) is 0.193. The lowest BCUT2D eigenvalue weighted by molar-refractivity contribution is 1.03. The summed E-state index contributed by atoms with van der Waals surface area (Å²) >= 11 is 3.61. The summed E-state index contributed by atoms with van der Waals surface area (Å²) in [5.41, 5.74) is 1.90. The minimum absolute atomic E-state index is 0.949. The molecule has 0 saturated carbocycles. The fourth-order valence-electron chi connectivity index (χ4n) is 2.62. The van der Waals surface area contributed by atoms with E-state index in [1.54, 1.807) is 109 Å². The van der Waals surface area contributed by atoms with Crippen LogP contribution in [0.15, 0.2) is 158 Å². The first kappa shape index (κ1) is 31.1. The minimum atomic E-state index is 0.949. The van der Waals surface area contributed by atoms with Gasteiger partial charge in [-0.05, 0) is 59.3 Å². The largest absolute Gasteiger partial charge is 0.262 e. The number of hydrogen-bond acceptors (Lipinski definition) is 12. The molecule has 0 saturated heterocycles. The maximum Gasteiger partial charge on any atom is 0.115 e. The fraction of sp³-hybridized carbons (Fsp3) is 0. The van der Waals surface area contributed by atoms with Crippen LogP contribution in [0.1, 0.15) is 0 Å². The van der Waals surface area contributed by atoms with Crippen LogP contribution in [0.5, 0.6) is 0 Å². The molecule has 12 heteroatoms. The third kappa shape index (κ3) is 14.1. The number of benzene rings is 1. The Hall–Kier alpha value is -5.46. The summed E-state index contributed by atoms with van der Waals surface area (Å²) < 4.78 is 2.82. The lowest BCUT2D eigenvalue weighted by Gasteiger charge is -1.90. The van der Waals surface area contributed by atoms with E-state index < -0.39 is 0 Å². The van der Waals surface area contributed by atoms with Crippen molar-refractivity contribution in [2.24, 2.45) is 0 Å². The van der Waals surface area contributed by atoms with Crippen LogP contribution >= 0.6 is 22.7 Å². The third-order valence-corrected chi connectivity index (χ3v) is 6.26. The van der Waals surface area contributed by atoms with Crippen LogP contribution in [0, 0.1) is 0 Å². The summed E-state index contributed by atoms with van der Waals surface area (Å²) in [6.45, 7) is 0. The molecule has 10 nitrogen and oxygen atoms in total. The molecule has 7 heterocycles. The number of nitrogens with zero attached hydrogens (tertiary/aromatic N) is 10. The second-order valence-electron chi connectivity index (χ2n) is 7.23. The zero-order valence-corrected chi connectivity index (χ0v) is 23.9. The van der Waals surface area contributed by atoms with Gasteiger partial charge in [-0.15, -0.1) is 22.7 Å². The van der Waals surface area contributed by atoms with Gasteiger partial charge in [-0.3, -0.25) is 19.9 Å². The second kappa shape index (κ2) is 21.4. The van der Waals surface area contributed by atoms with Gasteiger partial charge in [0.25, 0.3) is 0 Å². The standard InChI is InChI=1S/C8H6N2.C6H4S2.4C4H4N2/c1-2-4-8-7(3-1)9-5-6-10-8;1-3-7-6-2-4-8-5(1)6;1-2-6-4-3-5-1;2*1-2-5-4-6-3-1;1-2-4-6-5-3-1/h1-6H;1-4H;4*1-4H. The number of fused-ring (bicyclic) bond motifs is 2. The topological polar surface area (TPSA) is 129 Å². The molecule has 0 spiro atoms. The van der Waals surface area contributed by atoms with Crippen molar-refractivity contribution in [3.63, 3.8) is 0 Å². The molecule has 0 aliphatic rings. The molecule has 0 radical (unpaired) electrons. The summed E-state index contributed by atoms with van der Waals surface area (Å²) in [6, 6.07) is 19.3. The Labute approximate surface area is 251 Å². The van der Waals surface area contributed by atoms with Crippen molar-refractivity contribution in [1.29, 1.82) is 0 Å². The molecule has 0 bridgehead atoms. The van der Waals surface area contributed by atoms with E-state index in [0.717, 1.165) is 11.0 Å². The molecule has 8 rings (SSSR count). The highest BCUT2D eigenvalue weighted by Crippen LogP contribution is 2.25. The molecule has 0 aliphatic carbocycles. The summed E-state index contributed by atoms with van der Waals surface area (Å²) in [6.07, 6.45) is 23.0. The lowest BCUT2D eigenvalue weighted by atomic mass is 10.3. The van der Waals surface area contributed by atoms with Gasteiger partial charge in [0.1, 0.15) is 12.7 Å². The molecule has 0 amide bonds. The monoisotopic (exact) mass is 590 g/mol. The highest BCUT2D eigenvalue weighted by Gasteiger charge is 1.91. The Morgan fingerprint density at radius 3 is 1.07 bits per heavy atom. The van der Waals surface area contributed by atoms with E-state index >= 15 is 0 Å². The number of aromatic nitrogens is 10. The first-order chi connectivity index (χ1) is 20.9. The van der Waals surface area contributed by atoms with Gasteiger partial charge in [-0.1, -0.05) is 12.1 Å². The molecule has 0 atom stereocenters. The first-order valence-corrected chi connectivity index (χ1v) is 14.1. The van der Waals surface area contributed by atoms with Crippen molar-refractivity contribution in [2.45, 2.75) is 0 Å². The number of para-hydroxylation sites is 2. The van der Waals surface area contributed by atoms with Crippen LogP contribution < -0.4 is 0 Å². The molecule has 208 valence electrons. The average Bonchev–Trinajstić information content (AvgIpc) is 3.76. The van der Waals surface area contributed by atoms with Crippen molar-refractivity contribution >= 4 is 43.1 Å². The van der Waals surface area contributed by atoms with Crippen LogP contribution in [0.4, 0.5) is 0 Å². The zero-order valence-electron chi connectivity index (χ0n) is 22.3. The second-order valence-corrected chi connectivity index (χ2v) is 9.13. The van der Waals surface area contributed by atoms with Crippen LogP contribution in [0.25, 0.3) is 20.4 Å². The van der Waals surface area contributed by atoms with Gasteiger partial charge >= 0.3 is 0 Å². The average molecular weight is 591 g/mol. The normalized spacial score (nSPS) is 8.95. The number of thiophene rings is 2. The van der Waals surface area contributed by atoms with Gasteiger partial charge in [-0.25, -0.2) is 19.9 Å². The number of hydrogen-bond donors (Lipinski definition) is 0. The van der Waals surface area contributed by atoms with Crippen molar-refractivity contribution in [1.82, 2.24) is 50.1 Å². The molecule has 7 aromatic heterocycles. The van der Waals surface area contributed by atoms with E-state index in [4.69, 9.17) is 0 Å². The molecule has 42 heavy (non-hydrogen) atoms.